The molecular formula is C18H23ClN4. The van der Waals surface area contributed by atoms with Crippen LogP contribution >= 0.6 is 11.6 Å². The molecule has 0 unspecified atom stereocenters. The molecule has 1 fully saturated rings. The van der Waals surface area contributed by atoms with Gasteiger partial charge in [0.15, 0.2) is 0 Å². The summed E-state index contributed by atoms with van der Waals surface area (Å²) in [7, 11) is 0. The van der Waals surface area contributed by atoms with E-state index >= 15 is 0 Å². The van der Waals surface area contributed by atoms with Crippen molar-refractivity contribution in [3.63, 3.8) is 0 Å². The van der Waals surface area contributed by atoms with Gasteiger partial charge >= 0.3 is 0 Å². The van der Waals surface area contributed by atoms with Crippen molar-refractivity contribution in [2.24, 2.45) is 0 Å². The van der Waals surface area contributed by atoms with Gasteiger partial charge in [-0.05, 0) is 31.9 Å². The van der Waals surface area contributed by atoms with Gasteiger partial charge in [-0.15, -0.1) is 0 Å². The highest BCUT2D eigenvalue weighted by molar-refractivity contribution is 6.33. The Morgan fingerprint density at radius 2 is 1.78 bits per heavy atom. The fourth-order valence-corrected chi connectivity index (χ4v) is 3.20. The van der Waals surface area contributed by atoms with Crippen molar-refractivity contribution >= 4 is 29.1 Å². The molecule has 1 aromatic heterocycles. The van der Waals surface area contributed by atoms with Crippen LogP contribution in [0, 0.1) is 6.92 Å². The average Bonchev–Trinajstić information content (AvgIpc) is 2.78. The van der Waals surface area contributed by atoms with Crippen molar-refractivity contribution in [1.82, 2.24) is 9.97 Å². The fraction of sp³-hybridized carbons (Fsp3) is 0.444. The zero-order chi connectivity index (χ0) is 16.1. The second-order valence-corrected chi connectivity index (χ2v) is 6.56. The lowest BCUT2D eigenvalue weighted by Gasteiger charge is -2.18. The molecule has 0 saturated heterocycles. The SMILES string of the molecule is Cc1cc(NC2CCCCCC2)nc(Nc2ccccc2Cl)n1. The Morgan fingerprint density at radius 1 is 1.04 bits per heavy atom. The number of para-hydroxylation sites is 1. The van der Waals surface area contributed by atoms with Crippen LogP contribution in [0.3, 0.4) is 0 Å². The monoisotopic (exact) mass is 330 g/mol. The van der Waals surface area contributed by atoms with E-state index in [1.165, 1.54) is 38.5 Å². The van der Waals surface area contributed by atoms with Gasteiger partial charge in [-0.25, -0.2) is 4.98 Å². The first-order valence-electron chi connectivity index (χ1n) is 8.34. The van der Waals surface area contributed by atoms with Crippen LogP contribution in [0.25, 0.3) is 0 Å². The highest BCUT2D eigenvalue weighted by Crippen LogP contribution is 2.25. The third-order valence-corrected chi connectivity index (χ3v) is 4.51. The molecule has 0 spiro atoms. The van der Waals surface area contributed by atoms with Gasteiger partial charge in [-0.2, -0.15) is 4.98 Å². The third-order valence-electron chi connectivity index (χ3n) is 4.18. The Bertz CT molecular complexity index is 651. The Morgan fingerprint density at radius 3 is 2.52 bits per heavy atom. The minimum atomic E-state index is 0.514. The van der Waals surface area contributed by atoms with Gasteiger partial charge in [0.05, 0.1) is 10.7 Å². The van der Waals surface area contributed by atoms with Gasteiger partial charge in [0.25, 0.3) is 0 Å². The molecule has 2 N–H and O–H groups in total. The van der Waals surface area contributed by atoms with Crippen LogP contribution in [-0.2, 0) is 0 Å². The van der Waals surface area contributed by atoms with E-state index in [9.17, 15) is 0 Å². The van der Waals surface area contributed by atoms with Crippen molar-refractivity contribution in [2.45, 2.75) is 51.5 Å². The number of aryl methyl sites for hydroxylation is 1. The summed E-state index contributed by atoms with van der Waals surface area (Å²) in [6, 6.07) is 10.1. The predicted octanol–water partition coefficient (Wildman–Crippen LogP) is 5.32. The first-order valence-corrected chi connectivity index (χ1v) is 8.72. The van der Waals surface area contributed by atoms with E-state index in [2.05, 4.69) is 20.6 Å². The molecule has 0 radical (unpaired) electrons. The van der Waals surface area contributed by atoms with Crippen molar-refractivity contribution in [1.29, 1.82) is 0 Å². The van der Waals surface area contributed by atoms with Crippen LogP contribution in [0.4, 0.5) is 17.5 Å². The summed E-state index contributed by atoms with van der Waals surface area (Å²) < 4.78 is 0. The summed E-state index contributed by atoms with van der Waals surface area (Å²) in [6.45, 7) is 1.98. The van der Waals surface area contributed by atoms with Crippen LogP contribution < -0.4 is 10.6 Å². The Labute approximate surface area is 142 Å². The third kappa shape index (κ3) is 4.58. The second kappa shape index (κ2) is 7.64. The molecule has 0 amide bonds. The number of anilines is 3. The predicted molar refractivity (Wildman–Crippen MR) is 96.6 cm³/mol. The van der Waals surface area contributed by atoms with Crippen LogP contribution in [0.5, 0.6) is 0 Å². The highest BCUT2D eigenvalue weighted by Gasteiger charge is 2.13. The summed E-state index contributed by atoms with van der Waals surface area (Å²) in [5, 5.41) is 7.45. The van der Waals surface area contributed by atoms with E-state index in [0.29, 0.717) is 17.0 Å². The number of halogens is 1. The first kappa shape index (κ1) is 16.1. The molecule has 1 aromatic carbocycles. The number of hydrogen-bond acceptors (Lipinski definition) is 4. The summed E-state index contributed by atoms with van der Waals surface area (Å²) in [4.78, 5) is 9.06. The van der Waals surface area contributed by atoms with E-state index in [-0.39, 0.29) is 0 Å². The number of benzene rings is 1. The maximum Gasteiger partial charge on any atom is 0.229 e. The molecular weight excluding hydrogens is 308 g/mol. The smallest absolute Gasteiger partial charge is 0.229 e. The Balaban J connectivity index is 1.74. The first-order chi connectivity index (χ1) is 11.2. The second-order valence-electron chi connectivity index (χ2n) is 6.16. The largest absolute Gasteiger partial charge is 0.367 e. The van der Waals surface area contributed by atoms with Gasteiger partial charge in [0.1, 0.15) is 5.82 Å². The number of rotatable bonds is 4. The minimum Gasteiger partial charge on any atom is -0.367 e. The van der Waals surface area contributed by atoms with E-state index in [1.807, 2.05) is 37.3 Å². The van der Waals surface area contributed by atoms with Crippen LogP contribution in [-0.4, -0.2) is 16.0 Å². The maximum atomic E-state index is 6.19. The lowest BCUT2D eigenvalue weighted by atomic mass is 10.1. The topological polar surface area (TPSA) is 49.8 Å². The van der Waals surface area contributed by atoms with Crippen molar-refractivity contribution < 1.29 is 0 Å². The molecule has 0 aliphatic heterocycles. The van der Waals surface area contributed by atoms with Gasteiger partial charge in [0, 0.05) is 17.8 Å². The fourth-order valence-electron chi connectivity index (χ4n) is 3.01. The molecule has 1 heterocycles. The van der Waals surface area contributed by atoms with E-state index in [0.717, 1.165) is 17.2 Å². The number of nitrogens with one attached hydrogen (secondary N) is 2. The molecule has 23 heavy (non-hydrogen) atoms. The van der Waals surface area contributed by atoms with Gasteiger partial charge in [0.2, 0.25) is 5.95 Å². The minimum absolute atomic E-state index is 0.514. The highest BCUT2D eigenvalue weighted by atomic mass is 35.5. The number of nitrogens with zero attached hydrogens (tertiary/aromatic N) is 2. The molecule has 0 atom stereocenters. The van der Waals surface area contributed by atoms with Gasteiger partial charge < -0.3 is 10.6 Å². The van der Waals surface area contributed by atoms with E-state index < -0.39 is 0 Å². The summed E-state index contributed by atoms with van der Waals surface area (Å²) in [6.07, 6.45) is 7.73. The van der Waals surface area contributed by atoms with Crippen LogP contribution in [0.15, 0.2) is 30.3 Å². The van der Waals surface area contributed by atoms with Gasteiger partial charge in [-0.1, -0.05) is 49.4 Å². The Kier molecular flexibility index (Phi) is 5.34. The molecule has 2 aromatic rings. The molecule has 0 bridgehead atoms. The lowest BCUT2D eigenvalue weighted by molar-refractivity contribution is 0.617. The van der Waals surface area contributed by atoms with Crippen molar-refractivity contribution in [3.8, 4) is 0 Å². The molecule has 1 aliphatic carbocycles. The molecule has 1 saturated carbocycles. The van der Waals surface area contributed by atoms with E-state index in [4.69, 9.17) is 11.6 Å². The maximum absolute atomic E-state index is 6.19. The lowest BCUT2D eigenvalue weighted by Crippen LogP contribution is -2.19. The van der Waals surface area contributed by atoms with Crippen molar-refractivity contribution in [3.05, 3.63) is 41.0 Å². The molecule has 5 heteroatoms. The Hall–Kier alpha value is -1.81. The molecule has 1 aliphatic rings. The summed E-state index contributed by atoms with van der Waals surface area (Å²) in [5.74, 6) is 1.47. The van der Waals surface area contributed by atoms with Crippen molar-refractivity contribution in [2.75, 3.05) is 10.6 Å². The normalized spacial score (nSPS) is 15.9. The average molecular weight is 331 g/mol. The van der Waals surface area contributed by atoms with Crippen LogP contribution in [0.2, 0.25) is 5.02 Å². The van der Waals surface area contributed by atoms with Crippen LogP contribution in [0.1, 0.15) is 44.2 Å². The summed E-state index contributed by atoms with van der Waals surface area (Å²) >= 11 is 6.19. The standard InChI is InChI=1S/C18H23ClN4/c1-13-12-17(21-14-8-4-2-3-5-9-14)23-18(20-13)22-16-11-7-6-10-15(16)19/h6-7,10-12,14H,2-5,8-9H2,1H3,(H2,20,21,22,23). The number of hydrogen-bond donors (Lipinski definition) is 2. The zero-order valence-corrected chi connectivity index (χ0v) is 14.2. The molecule has 122 valence electrons. The zero-order valence-electron chi connectivity index (χ0n) is 13.5. The van der Waals surface area contributed by atoms with Gasteiger partial charge in [-0.3, -0.25) is 0 Å². The molecule has 3 rings (SSSR count). The molecule has 4 nitrogen and oxygen atoms in total. The van der Waals surface area contributed by atoms with E-state index in [1.54, 1.807) is 0 Å². The number of aromatic nitrogens is 2. The quantitative estimate of drug-likeness (QED) is 0.745. The summed E-state index contributed by atoms with van der Waals surface area (Å²) in [5.41, 5.74) is 1.76.